The fraction of sp³-hybridized carbons (Fsp3) is 1.00. The van der Waals surface area contributed by atoms with Crippen LogP contribution in [0.1, 0.15) is 34.6 Å². The third-order valence-electron chi connectivity index (χ3n) is 4.23. The van der Waals surface area contributed by atoms with Gasteiger partial charge in [-0.25, -0.2) is 0 Å². The summed E-state index contributed by atoms with van der Waals surface area (Å²) in [7, 11) is 0. The zero-order valence-corrected chi connectivity index (χ0v) is 11.6. The fourth-order valence-corrected chi connectivity index (χ4v) is 2.31. The van der Waals surface area contributed by atoms with Crippen molar-refractivity contribution in [2.75, 3.05) is 26.2 Å². The van der Waals surface area contributed by atoms with E-state index in [1.165, 1.54) is 26.2 Å². The molecule has 0 saturated carbocycles. The molecular formula is C13H29N3. The van der Waals surface area contributed by atoms with Gasteiger partial charge in [0.25, 0.3) is 0 Å². The molecule has 0 radical (unpaired) electrons. The highest BCUT2D eigenvalue weighted by molar-refractivity contribution is 4.83. The Labute approximate surface area is 101 Å². The van der Waals surface area contributed by atoms with E-state index in [1.807, 2.05) is 0 Å². The van der Waals surface area contributed by atoms with Crippen LogP contribution in [0.25, 0.3) is 0 Å². The van der Waals surface area contributed by atoms with E-state index in [2.05, 4.69) is 44.4 Å². The Balaban J connectivity index is 2.39. The van der Waals surface area contributed by atoms with E-state index in [4.69, 9.17) is 5.73 Å². The molecule has 0 spiro atoms. The Morgan fingerprint density at radius 3 is 1.44 bits per heavy atom. The number of hydrogen-bond donors (Lipinski definition) is 1. The van der Waals surface area contributed by atoms with Gasteiger partial charge in [-0.2, -0.15) is 0 Å². The van der Waals surface area contributed by atoms with Gasteiger partial charge < -0.3 is 5.73 Å². The lowest BCUT2D eigenvalue weighted by atomic mass is 10.0. The zero-order valence-electron chi connectivity index (χ0n) is 11.6. The van der Waals surface area contributed by atoms with Crippen molar-refractivity contribution in [3.8, 4) is 0 Å². The molecule has 3 heteroatoms. The van der Waals surface area contributed by atoms with E-state index in [9.17, 15) is 0 Å². The first-order valence-electron chi connectivity index (χ1n) is 6.67. The molecule has 1 aliphatic rings. The highest BCUT2D eigenvalue weighted by Crippen LogP contribution is 2.15. The van der Waals surface area contributed by atoms with Crippen molar-refractivity contribution in [3.63, 3.8) is 0 Å². The van der Waals surface area contributed by atoms with Crippen LogP contribution in [0.3, 0.4) is 0 Å². The molecule has 1 fully saturated rings. The molecule has 0 amide bonds. The Morgan fingerprint density at radius 2 is 1.12 bits per heavy atom. The van der Waals surface area contributed by atoms with Crippen molar-refractivity contribution >= 4 is 0 Å². The first-order valence-corrected chi connectivity index (χ1v) is 6.67. The van der Waals surface area contributed by atoms with E-state index < -0.39 is 0 Å². The molecule has 0 aromatic heterocycles. The van der Waals surface area contributed by atoms with Crippen molar-refractivity contribution in [3.05, 3.63) is 0 Å². The second-order valence-electron chi connectivity index (χ2n) is 5.66. The van der Waals surface area contributed by atoms with Crippen molar-refractivity contribution in [1.82, 2.24) is 9.80 Å². The summed E-state index contributed by atoms with van der Waals surface area (Å²) in [6.45, 7) is 16.0. The van der Waals surface area contributed by atoms with E-state index in [-0.39, 0.29) is 6.04 Å². The number of piperazine rings is 1. The van der Waals surface area contributed by atoms with Crippen LogP contribution in [-0.2, 0) is 0 Å². The normalized spacial score (nSPS) is 25.7. The van der Waals surface area contributed by atoms with E-state index in [0.29, 0.717) is 12.1 Å². The van der Waals surface area contributed by atoms with Gasteiger partial charge in [0.1, 0.15) is 0 Å². The summed E-state index contributed by atoms with van der Waals surface area (Å²) in [6.07, 6.45) is 0. The first-order chi connectivity index (χ1) is 7.43. The molecular weight excluding hydrogens is 198 g/mol. The SMILES string of the molecule is CC(C)C(C)N1CCN(C(C)C(C)N)CC1. The average Bonchev–Trinajstić information content (AvgIpc) is 2.27. The number of rotatable bonds is 4. The maximum atomic E-state index is 5.95. The van der Waals surface area contributed by atoms with Crippen LogP contribution >= 0.6 is 0 Å². The fourth-order valence-electron chi connectivity index (χ4n) is 2.31. The molecule has 0 aromatic rings. The molecule has 16 heavy (non-hydrogen) atoms. The standard InChI is InChI=1S/C13H29N3/c1-10(2)12(4)15-6-8-16(9-7-15)13(5)11(3)14/h10-13H,6-9,14H2,1-5H3. The Hall–Kier alpha value is -0.120. The highest BCUT2D eigenvalue weighted by Gasteiger charge is 2.26. The first kappa shape index (κ1) is 13.9. The lowest BCUT2D eigenvalue weighted by Crippen LogP contribution is -2.56. The predicted octanol–water partition coefficient (Wildman–Crippen LogP) is 1.38. The molecule has 0 aliphatic carbocycles. The summed E-state index contributed by atoms with van der Waals surface area (Å²) in [5, 5.41) is 0. The van der Waals surface area contributed by atoms with E-state index >= 15 is 0 Å². The second kappa shape index (κ2) is 5.99. The predicted molar refractivity (Wildman–Crippen MR) is 70.6 cm³/mol. The van der Waals surface area contributed by atoms with Gasteiger partial charge in [0.15, 0.2) is 0 Å². The summed E-state index contributed by atoms with van der Waals surface area (Å²) >= 11 is 0. The monoisotopic (exact) mass is 227 g/mol. The van der Waals surface area contributed by atoms with Crippen molar-refractivity contribution < 1.29 is 0 Å². The van der Waals surface area contributed by atoms with E-state index in [1.54, 1.807) is 0 Å². The van der Waals surface area contributed by atoms with Gasteiger partial charge in [-0.3, -0.25) is 9.80 Å². The Morgan fingerprint density at radius 1 is 0.750 bits per heavy atom. The van der Waals surface area contributed by atoms with Crippen LogP contribution in [0.5, 0.6) is 0 Å². The average molecular weight is 227 g/mol. The summed E-state index contributed by atoms with van der Waals surface area (Å²) in [5.74, 6) is 0.748. The molecule has 3 nitrogen and oxygen atoms in total. The quantitative estimate of drug-likeness (QED) is 0.787. The molecule has 1 aliphatic heterocycles. The minimum atomic E-state index is 0.272. The third kappa shape index (κ3) is 3.44. The van der Waals surface area contributed by atoms with Gasteiger partial charge in [-0.05, 0) is 26.7 Å². The molecule has 1 saturated heterocycles. The van der Waals surface area contributed by atoms with Gasteiger partial charge in [-0.15, -0.1) is 0 Å². The Bertz CT molecular complexity index is 173. The highest BCUT2D eigenvalue weighted by atomic mass is 15.3. The minimum absolute atomic E-state index is 0.272. The summed E-state index contributed by atoms with van der Waals surface area (Å²) in [4.78, 5) is 5.13. The molecule has 0 aromatic carbocycles. The zero-order chi connectivity index (χ0) is 12.3. The van der Waals surface area contributed by atoms with Crippen molar-refractivity contribution in [2.24, 2.45) is 11.7 Å². The molecule has 3 unspecified atom stereocenters. The minimum Gasteiger partial charge on any atom is -0.327 e. The van der Waals surface area contributed by atoms with Crippen molar-refractivity contribution in [1.29, 1.82) is 0 Å². The van der Waals surface area contributed by atoms with Gasteiger partial charge in [0, 0.05) is 44.3 Å². The van der Waals surface area contributed by atoms with Gasteiger partial charge >= 0.3 is 0 Å². The summed E-state index contributed by atoms with van der Waals surface area (Å²) in [6, 6.07) is 1.48. The number of nitrogens with zero attached hydrogens (tertiary/aromatic N) is 2. The topological polar surface area (TPSA) is 32.5 Å². The molecule has 1 rings (SSSR count). The lowest BCUT2D eigenvalue weighted by molar-refractivity contribution is 0.0594. The van der Waals surface area contributed by atoms with Crippen LogP contribution in [-0.4, -0.2) is 54.1 Å². The van der Waals surface area contributed by atoms with Crippen LogP contribution in [0, 0.1) is 5.92 Å². The lowest BCUT2D eigenvalue weighted by Gasteiger charge is -2.42. The van der Waals surface area contributed by atoms with Gasteiger partial charge in [0.05, 0.1) is 0 Å². The smallest absolute Gasteiger partial charge is 0.0217 e. The molecule has 1 heterocycles. The number of hydrogen-bond acceptors (Lipinski definition) is 3. The maximum absolute atomic E-state index is 5.95. The van der Waals surface area contributed by atoms with Crippen LogP contribution in [0.2, 0.25) is 0 Å². The van der Waals surface area contributed by atoms with Crippen molar-refractivity contribution in [2.45, 2.75) is 52.7 Å². The maximum Gasteiger partial charge on any atom is 0.0217 e. The summed E-state index contributed by atoms with van der Waals surface area (Å²) < 4.78 is 0. The largest absolute Gasteiger partial charge is 0.327 e. The molecule has 2 N–H and O–H groups in total. The van der Waals surface area contributed by atoms with Gasteiger partial charge in [-0.1, -0.05) is 13.8 Å². The Kier molecular flexibility index (Phi) is 5.22. The summed E-state index contributed by atoms with van der Waals surface area (Å²) in [5.41, 5.74) is 5.95. The molecule has 0 bridgehead atoms. The van der Waals surface area contributed by atoms with E-state index in [0.717, 1.165) is 5.92 Å². The molecule has 96 valence electrons. The van der Waals surface area contributed by atoms with Crippen LogP contribution < -0.4 is 5.73 Å². The van der Waals surface area contributed by atoms with Crippen LogP contribution in [0.4, 0.5) is 0 Å². The number of nitrogens with two attached hydrogens (primary N) is 1. The second-order valence-corrected chi connectivity index (χ2v) is 5.66. The third-order valence-corrected chi connectivity index (χ3v) is 4.23. The van der Waals surface area contributed by atoms with Gasteiger partial charge in [0.2, 0.25) is 0 Å². The molecule has 3 atom stereocenters. The van der Waals surface area contributed by atoms with Crippen LogP contribution in [0.15, 0.2) is 0 Å².